The first-order valence-corrected chi connectivity index (χ1v) is 14.8. The van der Waals surface area contributed by atoms with Crippen molar-refractivity contribution in [3.8, 4) is 0 Å². The number of rotatable bonds is 6. The van der Waals surface area contributed by atoms with Crippen molar-refractivity contribution >= 4 is 44.9 Å². The molecule has 1 fully saturated rings. The number of guanidine groups is 1. The molecule has 198 valence electrons. The van der Waals surface area contributed by atoms with Gasteiger partial charge in [0.1, 0.15) is 0 Å². The first-order valence-electron chi connectivity index (χ1n) is 12.6. The van der Waals surface area contributed by atoms with Crippen molar-refractivity contribution in [1.29, 1.82) is 0 Å². The Labute approximate surface area is 233 Å². The van der Waals surface area contributed by atoms with Gasteiger partial charge in [0.15, 0.2) is 0 Å². The van der Waals surface area contributed by atoms with E-state index in [4.69, 9.17) is 28.3 Å². The van der Waals surface area contributed by atoms with Gasteiger partial charge in [-0.05, 0) is 79.4 Å². The lowest BCUT2D eigenvalue weighted by molar-refractivity contribution is 0.363. The fourth-order valence-corrected chi connectivity index (χ4v) is 5.95. The van der Waals surface area contributed by atoms with Gasteiger partial charge in [0.2, 0.25) is 5.96 Å². The van der Waals surface area contributed by atoms with Gasteiger partial charge in [0.05, 0.1) is 17.2 Å². The highest BCUT2D eigenvalue weighted by Gasteiger charge is 2.33. The summed E-state index contributed by atoms with van der Waals surface area (Å²) in [7, 11) is -4.01. The lowest BCUT2D eigenvalue weighted by Crippen LogP contribution is -2.42. The number of nitrogens with one attached hydrogen (secondary N) is 2. The lowest BCUT2D eigenvalue weighted by atomic mass is 9.91. The van der Waals surface area contributed by atoms with Crippen molar-refractivity contribution < 1.29 is 8.42 Å². The molecule has 0 aromatic heterocycles. The van der Waals surface area contributed by atoms with Gasteiger partial charge in [-0.1, -0.05) is 65.7 Å². The van der Waals surface area contributed by atoms with Gasteiger partial charge >= 0.3 is 0 Å². The summed E-state index contributed by atoms with van der Waals surface area (Å²) in [5, 5.41) is 14.4. The van der Waals surface area contributed by atoms with Crippen LogP contribution >= 0.6 is 23.2 Å². The average Bonchev–Trinajstić information content (AvgIpc) is 3.38. The topological polar surface area (TPSA) is 86.2 Å². The SMILES string of the molecule is O=S(=O)(/N=C(\NCC1CCNCC1)N1CC(c2ccccc2)C(c2ccc(Cl)cc2)=N1)c1ccc(Cl)cc1. The molecular weight excluding hydrogens is 541 g/mol. The van der Waals surface area contributed by atoms with Crippen LogP contribution in [-0.2, 0) is 10.0 Å². The number of hydrogen-bond donors (Lipinski definition) is 2. The number of halogens is 2. The average molecular weight is 571 g/mol. The molecule has 0 saturated carbocycles. The van der Waals surface area contributed by atoms with Crippen LogP contribution in [-0.4, -0.2) is 51.3 Å². The molecule has 0 amide bonds. The van der Waals surface area contributed by atoms with Crippen LogP contribution in [0.3, 0.4) is 0 Å². The summed E-state index contributed by atoms with van der Waals surface area (Å²) < 4.78 is 30.9. The molecule has 0 radical (unpaired) electrons. The molecule has 3 aromatic carbocycles. The second-order valence-corrected chi connectivity index (χ2v) is 11.9. The zero-order valence-electron chi connectivity index (χ0n) is 20.7. The van der Waals surface area contributed by atoms with Crippen LogP contribution in [0.2, 0.25) is 10.0 Å². The highest BCUT2D eigenvalue weighted by atomic mass is 35.5. The zero-order chi connectivity index (χ0) is 26.5. The van der Waals surface area contributed by atoms with E-state index in [9.17, 15) is 8.42 Å². The third kappa shape index (κ3) is 6.38. The maximum Gasteiger partial charge on any atom is 0.285 e. The molecule has 2 aliphatic heterocycles. The molecule has 5 rings (SSSR count). The predicted octanol–water partition coefficient (Wildman–Crippen LogP) is 5.13. The van der Waals surface area contributed by atoms with Gasteiger partial charge in [0.25, 0.3) is 10.0 Å². The summed E-state index contributed by atoms with van der Waals surface area (Å²) in [6.07, 6.45) is 2.02. The molecular formula is C28H29Cl2N5O2S. The first kappa shape index (κ1) is 26.7. The fourth-order valence-electron chi connectivity index (χ4n) is 4.73. The monoisotopic (exact) mass is 569 g/mol. The van der Waals surface area contributed by atoms with Crippen LogP contribution in [0.25, 0.3) is 0 Å². The van der Waals surface area contributed by atoms with E-state index < -0.39 is 10.0 Å². The summed E-state index contributed by atoms with van der Waals surface area (Å²) in [5.74, 6) is 0.539. The van der Waals surface area contributed by atoms with Crippen molar-refractivity contribution in [2.45, 2.75) is 23.7 Å². The minimum atomic E-state index is -4.01. The van der Waals surface area contributed by atoms with Gasteiger partial charge < -0.3 is 10.6 Å². The Hall–Kier alpha value is -2.91. The molecule has 0 bridgehead atoms. The minimum Gasteiger partial charge on any atom is -0.354 e. The van der Waals surface area contributed by atoms with Crippen molar-refractivity contribution in [3.05, 3.63) is 100 Å². The molecule has 1 saturated heterocycles. The van der Waals surface area contributed by atoms with Crippen LogP contribution in [0.5, 0.6) is 0 Å². The van der Waals surface area contributed by atoms with E-state index in [0.29, 0.717) is 29.1 Å². The van der Waals surface area contributed by atoms with E-state index >= 15 is 0 Å². The Balaban J connectivity index is 1.52. The molecule has 10 heteroatoms. The summed E-state index contributed by atoms with van der Waals surface area (Å²) >= 11 is 12.1. The van der Waals surface area contributed by atoms with E-state index in [-0.39, 0.29) is 16.8 Å². The molecule has 0 spiro atoms. The Morgan fingerprint density at radius 1 is 0.947 bits per heavy atom. The number of benzene rings is 3. The Kier molecular flexibility index (Phi) is 8.33. The smallest absolute Gasteiger partial charge is 0.285 e. The highest BCUT2D eigenvalue weighted by molar-refractivity contribution is 7.90. The molecule has 1 unspecified atom stereocenters. The number of hydrazone groups is 1. The minimum absolute atomic E-state index is 0.0729. The van der Waals surface area contributed by atoms with E-state index in [1.54, 1.807) is 17.1 Å². The quantitative estimate of drug-likeness (QED) is 0.317. The lowest BCUT2D eigenvalue weighted by Gasteiger charge is -2.25. The van der Waals surface area contributed by atoms with Crippen LogP contribution in [0, 0.1) is 5.92 Å². The van der Waals surface area contributed by atoms with Crippen LogP contribution in [0.15, 0.2) is 93.3 Å². The second kappa shape index (κ2) is 11.9. The van der Waals surface area contributed by atoms with Crippen molar-refractivity contribution in [1.82, 2.24) is 15.6 Å². The standard InChI is InChI=1S/C28H29Cl2N5O2S/c29-23-8-6-22(7-9-23)27-26(21-4-2-1-3-5-21)19-35(33-27)28(32-18-20-14-16-31-17-15-20)34-38(36,37)25-12-10-24(30)11-13-25/h1-13,20,26,31H,14-19H2,(H,32,34). The highest BCUT2D eigenvalue weighted by Crippen LogP contribution is 2.30. The number of nitrogens with zero attached hydrogens (tertiary/aromatic N) is 3. The molecule has 38 heavy (non-hydrogen) atoms. The van der Waals surface area contributed by atoms with E-state index in [1.165, 1.54) is 12.1 Å². The number of sulfonamides is 1. The molecule has 2 aliphatic rings. The molecule has 2 heterocycles. The Morgan fingerprint density at radius 3 is 2.24 bits per heavy atom. The van der Waals surface area contributed by atoms with Crippen molar-refractivity contribution in [2.24, 2.45) is 15.4 Å². The van der Waals surface area contributed by atoms with Crippen LogP contribution in [0.4, 0.5) is 0 Å². The van der Waals surface area contributed by atoms with Crippen LogP contribution in [0.1, 0.15) is 29.9 Å². The molecule has 7 nitrogen and oxygen atoms in total. The molecule has 2 N–H and O–H groups in total. The molecule has 0 aliphatic carbocycles. The third-order valence-electron chi connectivity index (χ3n) is 6.83. The number of hydrogen-bond acceptors (Lipinski definition) is 4. The Bertz CT molecular complexity index is 1410. The predicted molar refractivity (Wildman–Crippen MR) is 154 cm³/mol. The van der Waals surface area contributed by atoms with Crippen molar-refractivity contribution in [3.63, 3.8) is 0 Å². The second-order valence-electron chi connectivity index (χ2n) is 9.46. The first-order chi connectivity index (χ1) is 18.4. The van der Waals surface area contributed by atoms with E-state index in [1.807, 2.05) is 42.5 Å². The maximum absolute atomic E-state index is 13.3. The largest absolute Gasteiger partial charge is 0.354 e. The maximum atomic E-state index is 13.3. The normalized spacial score (nSPS) is 18.9. The summed E-state index contributed by atoms with van der Waals surface area (Å²) in [5.41, 5.74) is 2.83. The van der Waals surface area contributed by atoms with E-state index in [0.717, 1.165) is 42.8 Å². The van der Waals surface area contributed by atoms with Gasteiger partial charge in [0, 0.05) is 22.5 Å². The Morgan fingerprint density at radius 2 is 1.58 bits per heavy atom. The van der Waals surface area contributed by atoms with Crippen molar-refractivity contribution in [2.75, 3.05) is 26.2 Å². The van der Waals surface area contributed by atoms with Gasteiger partial charge in [-0.15, -0.1) is 4.40 Å². The van der Waals surface area contributed by atoms with Crippen LogP contribution < -0.4 is 10.6 Å². The van der Waals surface area contributed by atoms with Gasteiger partial charge in [-0.25, -0.2) is 5.01 Å². The van der Waals surface area contributed by atoms with E-state index in [2.05, 4.69) is 27.2 Å². The fraction of sp³-hybridized carbons (Fsp3) is 0.286. The summed E-state index contributed by atoms with van der Waals surface area (Å²) in [6.45, 7) is 2.94. The van der Waals surface area contributed by atoms with Gasteiger partial charge in [-0.3, -0.25) is 0 Å². The number of piperidine rings is 1. The molecule has 3 aromatic rings. The zero-order valence-corrected chi connectivity index (χ0v) is 23.1. The molecule has 1 atom stereocenters. The summed E-state index contributed by atoms with van der Waals surface area (Å²) in [6, 6.07) is 23.6. The summed E-state index contributed by atoms with van der Waals surface area (Å²) in [4.78, 5) is 0.0729. The van der Waals surface area contributed by atoms with Gasteiger partial charge in [-0.2, -0.15) is 13.5 Å². The third-order valence-corrected chi connectivity index (χ3v) is 8.61.